The largest absolute Gasteiger partial charge is 0.383 e. The predicted molar refractivity (Wildman–Crippen MR) is 49.6 cm³/mol. The molecule has 16 heavy (non-hydrogen) atoms. The molecule has 0 spiro atoms. The van der Waals surface area contributed by atoms with Crippen LogP contribution in [0.2, 0.25) is 0 Å². The first-order valence-corrected chi connectivity index (χ1v) is 5.01. The first-order chi connectivity index (χ1) is 7.37. The van der Waals surface area contributed by atoms with Crippen LogP contribution in [0, 0.1) is 0 Å². The number of alkyl halides is 4. The van der Waals surface area contributed by atoms with Gasteiger partial charge >= 0.3 is 12.3 Å². The van der Waals surface area contributed by atoms with Crippen molar-refractivity contribution >= 4 is 5.91 Å². The van der Waals surface area contributed by atoms with Gasteiger partial charge in [0.15, 0.2) is 0 Å². The van der Waals surface area contributed by atoms with Gasteiger partial charge in [-0.05, 0) is 19.4 Å². The number of nitrogens with zero attached hydrogens (tertiary/aromatic N) is 1. The molecule has 0 aromatic rings. The summed E-state index contributed by atoms with van der Waals surface area (Å²) in [6.45, 7) is 1.12. The van der Waals surface area contributed by atoms with Crippen LogP contribution in [-0.4, -0.2) is 49.3 Å². The van der Waals surface area contributed by atoms with Crippen molar-refractivity contribution in [2.45, 2.75) is 31.2 Å². The van der Waals surface area contributed by atoms with Crippen molar-refractivity contribution in [2.24, 2.45) is 0 Å². The number of carbonyl (C=O) groups excluding carboxylic acids is 1. The zero-order valence-electron chi connectivity index (χ0n) is 8.85. The summed E-state index contributed by atoms with van der Waals surface area (Å²) >= 11 is 0. The van der Waals surface area contributed by atoms with E-state index in [-0.39, 0.29) is 0 Å². The highest BCUT2D eigenvalue weighted by Crippen LogP contribution is 2.26. The quantitative estimate of drug-likeness (QED) is 0.751. The van der Waals surface area contributed by atoms with Crippen LogP contribution < -0.4 is 5.32 Å². The summed E-state index contributed by atoms with van der Waals surface area (Å²) in [5.74, 6) is -6.40. The van der Waals surface area contributed by atoms with Gasteiger partial charge in [-0.1, -0.05) is 0 Å². The van der Waals surface area contributed by atoms with Crippen LogP contribution in [0.15, 0.2) is 0 Å². The number of hydrogen-bond acceptors (Lipinski definition) is 2. The van der Waals surface area contributed by atoms with Crippen molar-refractivity contribution < 1.29 is 22.4 Å². The lowest BCUT2D eigenvalue weighted by Crippen LogP contribution is -2.53. The third kappa shape index (κ3) is 2.63. The number of carbonyl (C=O) groups is 1. The number of piperidine rings is 1. The lowest BCUT2D eigenvalue weighted by atomic mass is 10.1. The normalized spacial score (nSPS) is 22.2. The topological polar surface area (TPSA) is 32.3 Å². The van der Waals surface area contributed by atoms with E-state index in [9.17, 15) is 22.4 Å². The summed E-state index contributed by atoms with van der Waals surface area (Å²) in [4.78, 5) is 11.9. The lowest BCUT2D eigenvalue weighted by molar-refractivity contribution is -0.181. The number of amides is 1. The van der Waals surface area contributed by atoms with E-state index in [0.717, 1.165) is 24.9 Å². The second-order valence-corrected chi connectivity index (χ2v) is 3.84. The zero-order valence-corrected chi connectivity index (χ0v) is 8.85. The fourth-order valence-corrected chi connectivity index (χ4v) is 1.66. The fraction of sp³-hybridized carbons (Fsp3) is 0.889. The van der Waals surface area contributed by atoms with E-state index in [0.29, 0.717) is 13.0 Å². The first-order valence-electron chi connectivity index (χ1n) is 5.01. The molecule has 1 fully saturated rings. The van der Waals surface area contributed by atoms with Crippen molar-refractivity contribution in [2.75, 3.05) is 20.1 Å². The standard InChI is InChI=1S/C9H14F4N2O/c1-15(6-3-2-4-14-5-6)8(16)9(12,13)7(10)11/h6-7,14H,2-5H2,1H3. The SMILES string of the molecule is CN(C(=O)C(F)(F)C(F)F)C1CCCNC1. The van der Waals surface area contributed by atoms with Crippen LogP contribution in [-0.2, 0) is 4.79 Å². The van der Waals surface area contributed by atoms with E-state index in [1.54, 1.807) is 0 Å². The lowest BCUT2D eigenvalue weighted by Gasteiger charge is -2.33. The van der Waals surface area contributed by atoms with E-state index < -0.39 is 24.3 Å². The molecule has 1 atom stereocenters. The third-order valence-corrected chi connectivity index (χ3v) is 2.70. The molecule has 1 heterocycles. The van der Waals surface area contributed by atoms with E-state index >= 15 is 0 Å². The Bertz CT molecular complexity index is 254. The summed E-state index contributed by atoms with van der Waals surface area (Å²) < 4.78 is 49.5. The number of nitrogens with one attached hydrogen (secondary N) is 1. The van der Waals surface area contributed by atoms with Gasteiger partial charge in [0.05, 0.1) is 0 Å². The summed E-state index contributed by atoms with van der Waals surface area (Å²) in [5.41, 5.74) is 0. The summed E-state index contributed by atoms with van der Waals surface area (Å²) in [5, 5.41) is 2.92. The minimum atomic E-state index is -4.59. The zero-order chi connectivity index (χ0) is 12.3. The van der Waals surface area contributed by atoms with Gasteiger partial charge < -0.3 is 10.2 Å². The molecule has 0 radical (unpaired) electrons. The van der Waals surface area contributed by atoms with Gasteiger partial charge in [-0.15, -0.1) is 0 Å². The van der Waals surface area contributed by atoms with Crippen LogP contribution >= 0.6 is 0 Å². The van der Waals surface area contributed by atoms with Crippen LogP contribution in [0.25, 0.3) is 0 Å². The molecule has 1 amide bonds. The van der Waals surface area contributed by atoms with Crippen LogP contribution in [0.1, 0.15) is 12.8 Å². The minimum Gasteiger partial charge on any atom is -0.336 e. The Balaban J connectivity index is 2.65. The minimum absolute atomic E-state index is 0.363. The average Bonchev–Trinajstić information content (AvgIpc) is 2.28. The van der Waals surface area contributed by atoms with Gasteiger partial charge in [0.25, 0.3) is 5.91 Å². The number of halogens is 4. The van der Waals surface area contributed by atoms with Gasteiger partial charge in [0, 0.05) is 19.6 Å². The van der Waals surface area contributed by atoms with Gasteiger partial charge in [-0.2, -0.15) is 8.78 Å². The molecule has 1 aliphatic heterocycles. The van der Waals surface area contributed by atoms with Gasteiger partial charge in [-0.3, -0.25) is 4.79 Å². The molecule has 1 saturated heterocycles. The molecule has 0 bridgehead atoms. The molecule has 0 aliphatic carbocycles. The Kier molecular flexibility index (Phi) is 4.12. The highest BCUT2D eigenvalue weighted by atomic mass is 19.3. The highest BCUT2D eigenvalue weighted by Gasteiger charge is 2.51. The van der Waals surface area contributed by atoms with Crippen molar-refractivity contribution in [1.29, 1.82) is 0 Å². The molecule has 1 N–H and O–H groups in total. The second kappa shape index (κ2) is 4.99. The Hall–Kier alpha value is -0.850. The summed E-state index contributed by atoms with van der Waals surface area (Å²) in [6.07, 6.45) is -2.67. The van der Waals surface area contributed by atoms with E-state index in [2.05, 4.69) is 5.32 Å². The third-order valence-electron chi connectivity index (χ3n) is 2.70. The molecule has 1 unspecified atom stereocenters. The van der Waals surface area contributed by atoms with E-state index in [4.69, 9.17) is 0 Å². The Morgan fingerprint density at radius 2 is 2.12 bits per heavy atom. The van der Waals surface area contributed by atoms with Gasteiger partial charge in [0.1, 0.15) is 0 Å². The average molecular weight is 242 g/mol. The summed E-state index contributed by atoms with van der Waals surface area (Å²) in [7, 11) is 1.14. The summed E-state index contributed by atoms with van der Waals surface area (Å²) in [6, 6.07) is -0.439. The predicted octanol–water partition coefficient (Wildman–Crippen LogP) is 1.10. The molecule has 7 heteroatoms. The van der Waals surface area contributed by atoms with Crippen molar-refractivity contribution in [3.8, 4) is 0 Å². The van der Waals surface area contributed by atoms with Crippen molar-refractivity contribution in [3.05, 3.63) is 0 Å². The van der Waals surface area contributed by atoms with Crippen LogP contribution in [0.4, 0.5) is 17.6 Å². The van der Waals surface area contributed by atoms with Crippen molar-refractivity contribution in [1.82, 2.24) is 10.2 Å². The second-order valence-electron chi connectivity index (χ2n) is 3.84. The molecule has 0 saturated carbocycles. The molecule has 0 aromatic carbocycles. The fourth-order valence-electron chi connectivity index (χ4n) is 1.66. The molecular formula is C9H14F4N2O. The number of hydrogen-bond donors (Lipinski definition) is 1. The Morgan fingerprint density at radius 1 is 1.50 bits per heavy atom. The van der Waals surface area contributed by atoms with Gasteiger partial charge in [-0.25, -0.2) is 8.78 Å². The Morgan fingerprint density at radius 3 is 2.56 bits per heavy atom. The monoisotopic (exact) mass is 242 g/mol. The molecule has 94 valence electrons. The molecular weight excluding hydrogens is 228 g/mol. The molecule has 1 aliphatic rings. The van der Waals surface area contributed by atoms with Crippen LogP contribution in [0.3, 0.4) is 0 Å². The molecule has 1 rings (SSSR count). The Labute approximate surface area is 90.8 Å². The van der Waals surface area contributed by atoms with Gasteiger partial charge in [0.2, 0.25) is 0 Å². The maximum absolute atomic E-state index is 12.8. The number of likely N-dealkylation sites (N-methyl/N-ethyl adjacent to an activating group) is 1. The van der Waals surface area contributed by atoms with E-state index in [1.807, 2.05) is 0 Å². The maximum atomic E-state index is 12.8. The number of rotatable bonds is 3. The van der Waals surface area contributed by atoms with E-state index in [1.165, 1.54) is 0 Å². The molecule has 3 nitrogen and oxygen atoms in total. The van der Waals surface area contributed by atoms with Crippen molar-refractivity contribution in [3.63, 3.8) is 0 Å². The van der Waals surface area contributed by atoms with Crippen LogP contribution in [0.5, 0.6) is 0 Å². The maximum Gasteiger partial charge on any atom is 0.383 e. The first kappa shape index (κ1) is 13.2. The molecule has 0 aromatic heterocycles. The smallest absolute Gasteiger partial charge is 0.336 e. The highest BCUT2D eigenvalue weighted by molar-refractivity contribution is 5.84.